The molecule has 0 saturated carbocycles. The first kappa shape index (κ1) is 12.0. The molecule has 15 heavy (non-hydrogen) atoms. The van der Waals surface area contributed by atoms with Crippen molar-refractivity contribution in [3.63, 3.8) is 0 Å². The Hall–Kier alpha value is -1.04. The van der Waals surface area contributed by atoms with Crippen molar-refractivity contribution >= 4 is 11.6 Å². The number of nitrogens with one attached hydrogen (secondary N) is 1. The molecule has 1 aromatic rings. The van der Waals surface area contributed by atoms with Crippen LogP contribution in [0.15, 0.2) is 18.2 Å². The molecule has 1 rings (SSSR count). The van der Waals surface area contributed by atoms with Gasteiger partial charge in [-0.15, -0.1) is 0 Å². The van der Waals surface area contributed by atoms with Gasteiger partial charge in [-0.05, 0) is 38.0 Å². The first-order valence-corrected chi connectivity index (χ1v) is 5.34. The van der Waals surface area contributed by atoms with Crippen LogP contribution in [0, 0.1) is 18.3 Å². The summed E-state index contributed by atoms with van der Waals surface area (Å²) in [6.07, 6.45) is 0. The van der Waals surface area contributed by atoms with Gasteiger partial charge in [0.25, 0.3) is 0 Å². The van der Waals surface area contributed by atoms with Crippen molar-refractivity contribution in [2.45, 2.75) is 32.9 Å². The summed E-state index contributed by atoms with van der Waals surface area (Å²) in [4.78, 5) is 0. The van der Waals surface area contributed by atoms with Gasteiger partial charge in [0.15, 0.2) is 0 Å². The van der Waals surface area contributed by atoms with E-state index in [0.29, 0.717) is 5.02 Å². The van der Waals surface area contributed by atoms with Crippen LogP contribution in [0.3, 0.4) is 0 Å². The Morgan fingerprint density at radius 2 is 2.07 bits per heavy atom. The molecule has 80 valence electrons. The zero-order valence-corrected chi connectivity index (χ0v) is 9.97. The Kier molecular flexibility index (Phi) is 4.14. The second kappa shape index (κ2) is 5.16. The Morgan fingerprint density at radius 3 is 2.53 bits per heavy atom. The molecule has 0 saturated heterocycles. The molecule has 0 amide bonds. The van der Waals surface area contributed by atoms with Crippen LogP contribution >= 0.6 is 11.6 Å². The van der Waals surface area contributed by atoms with Gasteiger partial charge in [-0.3, -0.25) is 5.32 Å². The van der Waals surface area contributed by atoms with E-state index in [-0.39, 0.29) is 12.1 Å². The van der Waals surface area contributed by atoms with Crippen molar-refractivity contribution in [2.75, 3.05) is 0 Å². The molecule has 0 fully saturated rings. The van der Waals surface area contributed by atoms with E-state index in [1.807, 2.05) is 39.0 Å². The molecular weight excluding hydrogens is 208 g/mol. The summed E-state index contributed by atoms with van der Waals surface area (Å²) in [5.74, 6) is 0. The molecule has 0 aliphatic rings. The minimum Gasteiger partial charge on any atom is -0.296 e. The molecule has 1 aromatic carbocycles. The first-order chi connectivity index (χ1) is 7.04. The van der Waals surface area contributed by atoms with E-state index in [1.165, 1.54) is 0 Å². The van der Waals surface area contributed by atoms with Crippen LogP contribution in [0.25, 0.3) is 0 Å². The summed E-state index contributed by atoms with van der Waals surface area (Å²) >= 11 is 6.01. The van der Waals surface area contributed by atoms with Crippen molar-refractivity contribution in [1.29, 1.82) is 5.26 Å². The van der Waals surface area contributed by atoms with Crippen molar-refractivity contribution in [1.82, 2.24) is 5.32 Å². The van der Waals surface area contributed by atoms with Crippen LogP contribution in [0.4, 0.5) is 0 Å². The lowest BCUT2D eigenvalue weighted by atomic mass is 10.1. The smallest absolute Gasteiger partial charge is 0.121 e. The van der Waals surface area contributed by atoms with Crippen molar-refractivity contribution in [2.24, 2.45) is 0 Å². The largest absolute Gasteiger partial charge is 0.296 e. The van der Waals surface area contributed by atoms with E-state index in [0.717, 1.165) is 11.1 Å². The van der Waals surface area contributed by atoms with Gasteiger partial charge in [0, 0.05) is 11.1 Å². The van der Waals surface area contributed by atoms with Crippen LogP contribution in [-0.2, 0) is 0 Å². The molecule has 0 spiro atoms. The predicted octanol–water partition coefficient (Wildman–Crippen LogP) is 3.21. The van der Waals surface area contributed by atoms with Crippen molar-refractivity contribution < 1.29 is 0 Å². The Morgan fingerprint density at radius 1 is 1.40 bits per heavy atom. The summed E-state index contributed by atoms with van der Waals surface area (Å²) < 4.78 is 0. The lowest BCUT2D eigenvalue weighted by Crippen LogP contribution is -2.27. The molecule has 1 N–H and O–H groups in total. The molecule has 0 heterocycles. The number of rotatable bonds is 3. The molecular formula is C12H15ClN2. The van der Waals surface area contributed by atoms with Gasteiger partial charge in [-0.25, -0.2) is 0 Å². The molecule has 1 atom stereocenters. The fraction of sp³-hybridized carbons (Fsp3) is 0.417. The molecule has 0 radical (unpaired) electrons. The molecule has 3 heteroatoms. The number of halogens is 1. The van der Waals surface area contributed by atoms with Gasteiger partial charge in [0.1, 0.15) is 6.04 Å². The first-order valence-electron chi connectivity index (χ1n) is 4.96. The van der Waals surface area contributed by atoms with Crippen molar-refractivity contribution in [3.8, 4) is 6.07 Å². The summed E-state index contributed by atoms with van der Waals surface area (Å²) in [5.41, 5.74) is 1.95. The van der Waals surface area contributed by atoms with Gasteiger partial charge >= 0.3 is 0 Å². The van der Waals surface area contributed by atoms with E-state index >= 15 is 0 Å². The maximum atomic E-state index is 9.03. The van der Waals surface area contributed by atoms with E-state index in [4.69, 9.17) is 16.9 Å². The molecule has 0 aromatic heterocycles. The Bertz CT molecular complexity index is 380. The van der Waals surface area contributed by atoms with E-state index in [1.54, 1.807) is 0 Å². The highest BCUT2D eigenvalue weighted by molar-refractivity contribution is 6.31. The van der Waals surface area contributed by atoms with Crippen LogP contribution in [-0.4, -0.2) is 6.04 Å². The van der Waals surface area contributed by atoms with E-state index in [2.05, 4.69) is 11.4 Å². The van der Waals surface area contributed by atoms with E-state index in [9.17, 15) is 0 Å². The molecule has 2 nitrogen and oxygen atoms in total. The van der Waals surface area contributed by atoms with E-state index < -0.39 is 0 Å². The van der Waals surface area contributed by atoms with Crippen LogP contribution < -0.4 is 5.32 Å². The standard InChI is InChI=1S/C12H15ClN2/c1-8(2)15-12(7-14)10-5-4-9(3)11(13)6-10/h4-6,8,12,15H,1-3H3. The molecule has 0 aliphatic carbocycles. The molecule has 1 unspecified atom stereocenters. The minimum absolute atomic E-state index is 0.273. The third kappa shape index (κ3) is 3.23. The average Bonchev–Trinajstić information content (AvgIpc) is 2.18. The Balaban J connectivity index is 2.94. The fourth-order valence-corrected chi connectivity index (χ4v) is 1.52. The topological polar surface area (TPSA) is 35.8 Å². The minimum atomic E-state index is -0.289. The summed E-state index contributed by atoms with van der Waals surface area (Å²) in [6.45, 7) is 5.98. The zero-order valence-electron chi connectivity index (χ0n) is 9.21. The number of benzene rings is 1. The second-order valence-corrected chi connectivity index (χ2v) is 4.30. The van der Waals surface area contributed by atoms with Gasteiger partial charge in [0.05, 0.1) is 6.07 Å². The zero-order chi connectivity index (χ0) is 11.4. The predicted molar refractivity (Wildman–Crippen MR) is 62.8 cm³/mol. The highest BCUT2D eigenvalue weighted by Gasteiger charge is 2.11. The number of hydrogen-bond donors (Lipinski definition) is 1. The molecule has 0 bridgehead atoms. The maximum Gasteiger partial charge on any atom is 0.121 e. The fourth-order valence-electron chi connectivity index (χ4n) is 1.33. The average molecular weight is 223 g/mol. The van der Waals surface area contributed by atoms with Crippen LogP contribution in [0.2, 0.25) is 5.02 Å². The third-order valence-electron chi connectivity index (χ3n) is 2.16. The van der Waals surface area contributed by atoms with Gasteiger partial charge in [-0.2, -0.15) is 5.26 Å². The van der Waals surface area contributed by atoms with Gasteiger partial charge < -0.3 is 0 Å². The number of nitrogens with zero attached hydrogens (tertiary/aromatic N) is 1. The van der Waals surface area contributed by atoms with Gasteiger partial charge in [0.2, 0.25) is 0 Å². The summed E-state index contributed by atoms with van der Waals surface area (Å²) in [6, 6.07) is 7.93. The molecule has 0 aliphatic heterocycles. The quantitative estimate of drug-likeness (QED) is 0.853. The van der Waals surface area contributed by atoms with Crippen molar-refractivity contribution in [3.05, 3.63) is 34.3 Å². The normalized spacial score (nSPS) is 12.5. The van der Waals surface area contributed by atoms with Crippen LogP contribution in [0.1, 0.15) is 31.0 Å². The highest BCUT2D eigenvalue weighted by atomic mass is 35.5. The van der Waals surface area contributed by atoms with Crippen LogP contribution in [0.5, 0.6) is 0 Å². The Labute approximate surface area is 95.9 Å². The summed E-state index contributed by atoms with van der Waals surface area (Å²) in [5, 5.41) is 12.9. The maximum absolute atomic E-state index is 9.03. The number of hydrogen-bond acceptors (Lipinski definition) is 2. The lowest BCUT2D eigenvalue weighted by molar-refractivity contribution is 0.546. The highest BCUT2D eigenvalue weighted by Crippen LogP contribution is 2.21. The SMILES string of the molecule is Cc1ccc(C(C#N)NC(C)C)cc1Cl. The second-order valence-electron chi connectivity index (χ2n) is 3.89. The third-order valence-corrected chi connectivity index (χ3v) is 2.57. The summed E-state index contributed by atoms with van der Waals surface area (Å²) in [7, 11) is 0. The number of nitriles is 1. The lowest BCUT2D eigenvalue weighted by Gasteiger charge is -2.15. The van der Waals surface area contributed by atoms with Gasteiger partial charge in [-0.1, -0.05) is 23.7 Å². The monoisotopic (exact) mass is 222 g/mol. The number of aryl methyl sites for hydroxylation is 1.